The van der Waals surface area contributed by atoms with Crippen molar-refractivity contribution in [2.45, 2.75) is 0 Å². The van der Waals surface area contributed by atoms with Crippen molar-refractivity contribution in [1.29, 1.82) is 0 Å². The molecule has 2 heterocycles. The van der Waals surface area contributed by atoms with Crippen LogP contribution in [0.1, 0.15) is 20.8 Å². The Kier molecular flexibility index (Phi) is 5.61. The van der Waals surface area contributed by atoms with Gasteiger partial charge in [0.15, 0.2) is 5.13 Å². The average Bonchev–Trinajstić information content (AvgIpc) is 3.12. The number of aromatic nitrogens is 1. The third kappa shape index (κ3) is 4.33. The molecule has 2 N–H and O–H groups in total. The van der Waals surface area contributed by atoms with E-state index in [2.05, 4.69) is 31.8 Å². The largest absolute Gasteiger partial charge is 0.378 e. The number of morpholine rings is 1. The molecule has 2 amide bonds. The minimum atomic E-state index is -0.636. The summed E-state index contributed by atoms with van der Waals surface area (Å²) in [7, 11) is 0. The van der Waals surface area contributed by atoms with Gasteiger partial charge in [0.05, 0.1) is 18.8 Å². The normalized spacial score (nSPS) is 14.2. The number of carbonyl (C=O) groups is 2. The van der Waals surface area contributed by atoms with Crippen LogP contribution in [0.3, 0.4) is 0 Å². The number of rotatable bonds is 3. The third-order valence-corrected chi connectivity index (χ3v) is 5.06. The summed E-state index contributed by atoms with van der Waals surface area (Å²) in [6.07, 6.45) is 0. The van der Waals surface area contributed by atoms with Gasteiger partial charge in [0.25, 0.3) is 11.8 Å². The number of amides is 2. The number of halogens is 2. The van der Waals surface area contributed by atoms with E-state index >= 15 is 0 Å². The zero-order chi connectivity index (χ0) is 17.8. The molecule has 0 radical (unpaired) electrons. The lowest BCUT2D eigenvalue weighted by atomic mass is 10.2. The molecule has 0 aliphatic carbocycles. The van der Waals surface area contributed by atoms with Crippen LogP contribution in [0.15, 0.2) is 28.1 Å². The molecule has 10 heteroatoms. The number of hydrazine groups is 1. The summed E-state index contributed by atoms with van der Waals surface area (Å²) in [6, 6.07) is 3.72. The number of nitrogens with one attached hydrogen (secondary N) is 2. The molecule has 1 aromatic heterocycles. The van der Waals surface area contributed by atoms with Gasteiger partial charge in [0.1, 0.15) is 11.5 Å². The van der Waals surface area contributed by atoms with Gasteiger partial charge >= 0.3 is 0 Å². The van der Waals surface area contributed by atoms with Crippen molar-refractivity contribution >= 4 is 44.2 Å². The van der Waals surface area contributed by atoms with E-state index in [4.69, 9.17) is 4.74 Å². The summed E-state index contributed by atoms with van der Waals surface area (Å²) >= 11 is 4.51. The highest BCUT2D eigenvalue weighted by atomic mass is 79.9. The van der Waals surface area contributed by atoms with Crippen LogP contribution in [-0.4, -0.2) is 43.1 Å². The van der Waals surface area contributed by atoms with Crippen LogP contribution in [0.5, 0.6) is 0 Å². The van der Waals surface area contributed by atoms with Crippen molar-refractivity contribution in [2.24, 2.45) is 0 Å². The molecule has 7 nitrogen and oxygen atoms in total. The van der Waals surface area contributed by atoms with Gasteiger partial charge in [0.2, 0.25) is 0 Å². The van der Waals surface area contributed by atoms with Crippen molar-refractivity contribution in [1.82, 2.24) is 15.8 Å². The van der Waals surface area contributed by atoms with Crippen LogP contribution >= 0.6 is 27.3 Å². The second kappa shape index (κ2) is 7.89. The van der Waals surface area contributed by atoms with E-state index in [1.165, 1.54) is 23.5 Å². The summed E-state index contributed by atoms with van der Waals surface area (Å²) in [5.74, 6) is -1.73. The van der Waals surface area contributed by atoms with E-state index in [1.54, 1.807) is 5.38 Å². The lowest BCUT2D eigenvalue weighted by molar-refractivity contribution is 0.0843. The van der Waals surface area contributed by atoms with Crippen LogP contribution in [0.25, 0.3) is 0 Å². The fourth-order valence-corrected chi connectivity index (χ4v) is 3.47. The Hall–Kier alpha value is -2.04. The Labute approximate surface area is 155 Å². The number of anilines is 1. The summed E-state index contributed by atoms with van der Waals surface area (Å²) < 4.78 is 18.9. The molecule has 1 aromatic carbocycles. The van der Waals surface area contributed by atoms with Gasteiger partial charge in [0, 0.05) is 22.9 Å². The quantitative estimate of drug-likeness (QED) is 0.729. The van der Waals surface area contributed by atoms with Crippen LogP contribution in [-0.2, 0) is 4.74 Å². The molecule has 1 fully saturated rings. The first-order chi connectivity index (χ1) is 12.0. The standard InChI is InChI=1S/C15H14BrFN4O3S/c16-11-2-1-9(17)7-10(11)13(22)19-20-14(23)12-8-25-15(18-12)21-3-5-24-6-4-21/h1-2,7-8H,3-6H2,(H,19,22)(H,20,23). The van der Waals surface area contributed by atoms with E-state index in [0.717, 1.165) is 24.3 Å². The van der Waals surface area contributed by atoms with Gasteiger partial charge in [-0.1, -0.05) is 0 Å². The fraction of sp³-hybridized carbons (Fsp3) is 0.267. The van der Waals surface area contributed by atoms with Crippen LogP contribution in [0.2, 0.25) is 0 Å². The van der Waals surface area contributed by atoms with Crippen molar-refractivity contribution < 1.29 is 18.7 Å². The van der Waals surface area contributed by atoms with Crippen molar-refractivity contribution in [3.05, 3.63) is 45.1 Å². The minimum absolute atomic E-state index is 0.0765. The van der Waals surface area contributed by atoms with E-state index in [1.807, 2.05) is 4.90 Å². The van der Waals surface area contributed by atoms with Crippen LogP contribution < -0.4 is 15.8 Å². The SMILES string of the molecule is O=C(NNC(=O)c1cc(F)ccc1Br)c1csc(N2CCOCC2)n1. The highest BCUT2D eigenvalue weighted by Gasteiger charge is 2.18. The second-order valence-corrected chi connectivity index (χ2v) is 6.84. The zero-order valence-electron chi connectivity index (χ0n) is 12.9. The minimum Gasteiger partial charge on any atom is -0.378 e. The van der Waals surface area contributed by atoms with Crippen LogP contribution in [0, 0.1) is 5.82 Å². The maximum atomic E-state index is 13.2. The summed E-state index contributed by atoms with van der Waals surface area (Å²) in [5.41, 5.74) is 4.80. The summed E-state index contributed by atoms with van der Waals surface area (Å²) in [5, 5.41) is 2.34. The summed E-state index contributed by atoms with van der Waals surface area (Å²) in [6.45, 7) is 2.69. The molecule has 0 bridgehead atoms. The Balaban J connectivity index is 1.60. The van der Waals surface area contributed by atoms with Gasteiger partial charge < -0.3 is 9.64 Å². The zero-order valence-corrected chi connectivity index (χ0v) is 15.3. The van der Waals surface area contributed by atoms with Gasteiger partial charge in [-0.25, -0.2) is 9.37 Å². The molecule has 2 aromatic rings. The topological polar surface area (TPSA) is 83.6 Å². The molecule has 25 heavy (non-hydrogen) atoms. The number of benzene rings is 1. The van der Waals surface area contributed by atoms with E-state index < -0.39 is 17.6 Å². The number of hydrogen-bond acceptors (Lipinski definition) is 6. The molecule has 0 atom stereocenters. The Morgan fingerprint density at radius 3 is 2.72 bits per heavy atom. The van der Waals surface area contributed by atoms with Gasteiger partial charge in [-0.05, 0) is 34.1 Å². The number of hydrogen-bond donors (Lipinski definition) is 2. The summed E-state index contributed by atoms with van der Waals surface area (Å²) in [4.78, 5) is 30.5. The molecule has 1 saturated heterocycles. The molecule has 0 spiro atoms. The predicted molar refractivity (Wildman–Crippen MR) is 94.2 cm³/mol. The lowest BCUT2D eigenvalue weighted by Crippen LogP contribution is -2.42. The highest BCUT2D eigenvalue weighted by molar-refractivity contribution is 9.10. The maximum Gasteiger partial charge on any atom is 0.289 e. The smallest absolute Gasteiger partial charge is 0.289 e. The number of nitrogens with zero attached hydrogens (tertiary/aromatic N) is 2. The molecule has 1 aliphatic heterocycles. The first-order valence-corrected chi connectivity index (χ1v) is 9.06. The predicted octanol–water partition coefficient (Wildman–Crippen LogP) is 1.96. The highest BCUT2D eigenvalue weighted by Crippen LogP contribution is 2.21. The molecule has 1 aliphatic rings. The van der Waals surface area contributed by atoms with E-state index in [0.29, 0.717) is 17.7 Å². The Morgan fingerprint density at radius 2 is 1.96 bits per heavy atom. The van der Waals surface area contributed by atoms with E-state index in [9.17, 15) is 14.0 Å². The first kappa shape index (κ1) is 17.8. The number of thiazole rings is 1. The number of ether oxygens (including phenoxy) is 1. The maximum absolute atomic E-state index is 13.2. The van der Waals surface area contributed by atoms with Crippen molar-refractivity contribution in [3.8, 4) is 0 Å². The average molecular weight is 429 g/mol. The number of carbonyl (C=O) groups excluding carboxylic acids is 2. The third-order valence-electron chi connectivity index (χ3n) is 3.47. The Bertz CT molecular complexity index is 795. The van der Waals surface area contributed by atoms with Gasteiger partial charge in [-0.15, -0.1) is 11.3 Å². The molecule has 0 saturated carbocycles. The monoisotopic (exact) mass is 428 g/mol. The Morgan fingerprint density at radius 1 is 1.24 bits per heavy atom. The molecule has 132 valence electrons. The lowest BCUT2D eigenvalue weighted by Gasteiger charge is -2.25. The van der Waals surface area contributed by atoms with Gasteiger partial charge in [-0.3, -0.25) is 20.4 Å². The molecular formula is C15H14BrFN4O3S. The molecular weight excluding hydrogens is 415 g/mol. The van der Waals surface area contributed by atoms with Crippen molar-refractivity contribution in [2.75, 3.05) is 31.2 Å². The van der Waals surface area contributed by atoms with Gasteiger partial charge in [-0.2, -0.15) is 0 Å². The second-order valence-electron chi connectivity index (χ2n) is 5.15. The van der Waals surface area contributed by atoms with E-state index in [-0.39, 0.29) is 11.3 Å². The molecule has 0 unspecified atom stereocenters. The van der Waals surface area contributed by atoms with Crippen molar-refractivity contribution in [3.63, 3.8) is 0 Å². The molecule has 3 rings (SSSR count). The first-order valence-electron chi connectivity index (χ1n) is 7.38. The fourth-order valence-electron chi connectivity index (χ4n) is 2.18. The van der Waals surface area contributed by atoms with Crippen LogP contribution in [0.4, 0.5) is 9.52 Å².